The van der Waals surface area contributed by atoms with E-state index in [4.69, 9.17) is 5.11 Å². The van der Waals surface area contributed by atoms with Crippen molar-refractivity contribution in [2.24, 2.45) is 5.41 Å². The summed E-state index contributed by atoms with van der Waals surface area (Å²) < 4.78 is 4.34. The number of nitrogens with one attached hydrogen (secondary N) is 1. The number of Topliss-reactive ketones (excluding diaryl/α,β-unsaturated/α-hetero) is 1. The maximum absolute atomic E-state index is 11.5. The summed E-state index contributed by atoms with van der Waals surface area (Å²) in [5, 5.41) is 20.5. The fourth-order valence-electron chi connectivity index (χ4n) is 1.14. The van der Waals surface area contributed by atoms with Gasteiger partial charge in [0.1, 0.15) is 18.5 Å². The van der Waals surface area contributed by atoms with Gasteiger partial charge >= 0.3 is 6.16 Å². The zero-order valence-corrected chi connectivity index (χ0v) is 10.7. The fraction of sp³-hybridized carbons (Fsp3) is 0.727. The minimum Gasteiger partial charge on any atom is -0.450 e. The number of aliphatic hydroxyl groups excluding tert-OH is 1. The maximum Gasteiger partial charge on any atom is 0.505 e. The number of carboxylic acid groups (broad SMARTS) is 1. The Balaban J connectivity index is 4.24. The lowest BCUT2D eigenvalue weighted by molar-refractivity contribution is -0.137. The van der Waals surface area contributed by atoms with Gasteiger partial charge in [-0.2, -0.15) is 0 Å². The Morgan fingerprint density at radius 1 is 1.33 bits per heavy atom. The van der Waals surface area contributed by atoms with Crippen LogP contribution in [0.15, 0.2) is 0 Å². The molecule has 0 aliphatic heterocycles. The smallest absolute Gasteiger partial charge is 0.450 e. The zero-order chi connectivity index (χ0) is 14.3. The molecular weight excluding hydrogens is 242 g/mol. The molecule has 0 aliphatic rings. The highest BCUT2D eigenvalue weighted by Gasteiger charge is 2.34. The van der Waals surface area contributed by atoms with E-state index in [0.717, 1.165) is 0 Å². The molecule has 0 aromatic rings. The van der Waals surface area contributed by atoms with Crippen molar-refractivity contribution in [2.45, 2.75) is 33.3 Å². The van der Waals surface area contributed by atoms with Crippen LogP contribution >= 0.6 is 0 Å². The van der Waals surface area contributed by atoms with E-state index in [1.165, 1.54) is 20.8 Å². The van der Waals surface area contributed by atoms with Crippen LogP contribution in [-0.4, -0.2) is 47.3 Å². The second-order valence-corrected chi connectivity index (χ2v) is 4.69. The van der Waals surface area contributed by atoms with Crippen molar-refractivity contribution in [1.82, 2.24) is 5.32 Å². The van der Waals surface area contributed by atoms with Gasteiger partial charge in [-0.05, 0) is 6.92 Å². The molecule has 7 nitrogen and oxygen atoms in total. The molecule has 0 radical (unpaired) electrons. The molecule has 0 bridgehead atoms. The number of amides is 1. The monoisotopic (exact) mass is 261 g/mol. The number of hydrogen-bond donors (Lipinski definition) is 3. The van der Waals surface area contributed by atoms with E-state index in [1.54, 1.807) is 0 Å². The molecule has 18 heavy (non-hydrogen) atoms. The normalized spacial score (nSPS) is 12.7. The van der Waals surface area contributed by atoms with Crippen molar-refractivity contribution in [2.75, 3.05) is 13.2 Å². The summed E-state index contributed by atoms with van der Waals surface area (Å²) >= 11 is 0. The van der Waals surface area contributed by atoms with Crippen LogP contribution in [0.1, 0.15) is 27.2 Å². The molecular formula is C11H19NO6. The van der Waals surface area contributed by atoms with E-state index in [2.05, 4.69) is 10.1 Å². The van der Waals surface area contributed by atoms with Crippen LogP contribution in [0.5, 0.6) is 0 Å². The van der Waals surface area contributed by atoms with Gasteiger partial charge in [-0.1, -0.05) is 13.8 Å². The number of carbonyl (C=O) groups excluding carboxylic acids is 2. The quantitative estimate of drug-likeness (QED) is 0.563. The molecule has 1 atom stereocenters. The summed E-state index contributed by atoms with van der Waals surface area (Å²) in [5.41, 5.74) is -1.04. The molecule has 7 heteroatoms. The Kier molecular flexibility index (Phi) is 6.32. The van der Waals surface area contributed by atoms with Crippen LogP contribution in [0, 0.1) is 5.41 Å². The van der Waals surface area contributed by atoms with Crippen molar-refractivity contribution in [3.05, 3.63) is 0 Å². The average molecular weight is 261 g/mol. The Morgan fingerprint density at radius 2 is 1.89 bits per heavy atom. The van der Waals surface area contributed by atoms with Gasteiger partial charge in [-0.3, -0.25) is 9.59 Å². The molecule has 0 saturated heterocycles. The number of ether oxygens (including phenoxy) is 1. The van der Waals surface area contributed by atoms with Crippen LogP contribution in [-0.2, 0) is 14.3 Å². The Bertz CT molecular complexity index is 325. The number of ketones is 1. The molecule has 1 amide bonds. The third-order valence-electron chi connectivity index (χ3n) is 2.33. The van der Waals surface area contributed by atoms with Crippen LogP contribution < -0.4 is 5.32 Å². The highest BCUT2D eigenvalue weighted by Crippen LogP contribution is 2.21. The summed E-state index contributed by atoms with van der Waals surface area (Å²) in [5.74, 6) is -0.728. The van der Waals surface area contributed by atoms with E-state index in [-0.39, 0.29) is 25.4 Å². The molecule has 0 heterocycles. The van der Waals surface area contributed by atoms with E-state index in [9.17, 15) is 19.5 Å². The van der Waals surface area contributed by atoms with Crippen LogP contribution in [0.2, 0.25) is 0 Å². The van der Waals surface area contributed by atoms with Crippen LogP contribution in [0.4, 0.5) is 4.79 Å². The first kappa shape index (κ1) is 16.4. The molecule has 0 fully saturated rings. The summed E-state index contributed by atoms with van der Waals surface area (Å²) in [6.45, 7) is 4.24. The first-order valence-electron chi connectivity index (χ1n) is 5.47. The zero-order valence-electron chi connectivity index (χ0n) is 10.7. The van der Waals surface area contributed by atoms with Crippen molar-refractivity contribution in [3.63, 3.8) is 0 Å². The number of carbonyl (C=O) groups is 3. The SMILES string of the molecule is CC(=O)CCNC(=O)C(O)C(C)(C)COC(=O)O. The summed E-state index contributed by atoms with van der Waals surface area (Å²) in [6, 6.07) is 0. The predicted molar refractivity (Wildman–Crippen MR) is 62.1 cm³/mol. The lowest BCUT2D eigenvalue weighted by Gasteiger charge is -2.28. The summed E-state index contributed by atoms with van der Waals surface area (Å²) in [4.78, 5) is 32.5. The molecule has 104 valence electrons. The number of rotatable bonds is 7. The lowest BCUT2D eigenvalue weighted by atomic mass is 9.87. The second kappa shape index (κ2) is 6.95. The van der Waals surface area contributed by atoms with E-state index in [1.807, 2.05) is 0 Å². The lowest BCUT2D eigenvalue weighted by Crippen LogP contribution is -2.46. The molecule has 1 unspecified atom stereocenters. The standard InChI is InChI=1S/C11H19NO6/c1-7(13)4-5-12-9(15)8(14)11(2,3)6-18-10(16)17/h8,14H,4-6H2,1-3H3,(H,12,15)(H,16,17). The third-order valence-corrected chi connectivity index (χ3v) is 2.33. The van der Waals surface area contributed by atoms with Gasteiger partial charge in [-0.15, -0.1) is 0 Å². The Hall–Kier alpha value is -1.63. The summed E-state index contributed by atoms with van der Waals surface area (Å²) in [7, 11) is 0. The molecule has 0 aromatic carbocycles. The number of hydrogen-bond acceptors (Lipinski definition) is 5. The minimum absolute atomic E-state index is 0.0711. The predicted octanol–water partition coefficient (Wildman–Crippen LogP) is 0.163. The second-order valence-electron chi connectivity index (χ2n) is 4.69. The van der Waals surface area contributed by atoms with E-state index >= 15 is 0 Å². The highest BCUT2D eigenvalue weighted by atomic mass is 16.7. The molecule has 0 aromatic heterocycles. The van der Waals surface area contributed by atoms with E-state index in [0.29, 0.717) is 0 Å². The van der Waals surface area contributed by atoms with Gasteiger partial charge in [0.05, 0.1) is 0 Å². The van der Waals surface area contributed by atoms with Gasteiger partial charge in [0, 0.05) is 18.4 Å². The first-order chi connectivity index (χ1) is 8.16. The average Bonchev–Trinajstić information content (AvgIpc) is 2.24. The van der Waals surface area contributed by atoms with Crippen molar-refractivity contribution in [1.29, 1.82) is 0 Å². The van der Waals surface area contributed by atoms with Gasteiger partial charge in [-0.25, -0.2) is 4.79 Å². The first-order valence-corrected chi connectivity index (χ1v) is 5.47. The Morgan fingerprint density at radius 3 is 2.33 bits per heavy atom. The molecule has 0 rings (SSSR count). The largest absolute Gasteiger partial charge is 0.505 e. The van der Waals surface area contributed by atoms with Gasteiger partial charge in [0.15, 0.2) is 0 Å². The van der Waals surface area contributed by atoms with Crippen molar-refractivity contribution >= 4 is 17.8 Å². The molecule has 0 spiro atoms. The maximum atomic E-state index is 11.5. The van der Waals surface area contributed by atoms with Gasteiger partial charge in [0.25, 0.3) is 0 Å². The van der Waals surface area contributed by atoms with Crippen molar-refractivity contribution in [3.8, 4) is 0 Å². The van der Waals surface area contributed by atoms with E-state index < -0.39 is 23.6 Å². The summed E-state index contributed by atoms with van der Waals surface area (Å²) in [6.07, 6.45) is -2.69. The molecule has 3 N–H and O–H groups in total. The molecule has 0 aliphatic carbocycles. The third kappa shape index (κ3) is 6.19. The van der Waals surface area contributed by atoms with Crippen molar-refractivity contribution < 1.29 is 29.3 Å². The van der Waals surface area contributed by atoms with Gasteiger partial charge < -0.3 is 20.3 Å². The van der Waals surface area contributed by atoms with Crippen LogP contribution in [0.25, 0.3) is 0 Å². The minimum atomic E-state index is -1.47. The highest BCUT2D eigenvalue weighted by molar-refractivity contribution is 5.82. The molecule has 0 saturated carbocycles. The topological polar surface area (TPSA) is 113 Å². The van der Waals surface area contributed by atoms with Crippen LogP contribution in [0.3, 0.4) is 0 Å². The van der Waals surface area contributed by atoms with Gasteiger partial charge in [0.2, 0.25) is 5.91 Å². The Labute approximate surface area is 105 Å². The number of aliphatic hydroxyl groups is 1. The fourth-order valence-corrected chi connectivity index (χ4v) is 1.14.